The van der Waals surface area contributed by atoms with E-state index >= 15 is 0 Å². The Morgan fingerprint density at radius 3 is 2.73 bits per heavy atom. The van der Waals surface area contributed by atoms with Gasteiger partial charge in [0.1, 0.15) is 0 Å². The topological polar surface area (TPSA) is 70.1 Å². The van der Waals surface area contributed by atoms with Crippen molar-refractivity contribution in [2.45, 2.75) is 19.0 Å². The number of halogens is 3. The van der Waals surface area contributed by atoms with E-state index in [0.717, 1.165) is 0 Å². The monoisotopic (exact) mass is 317 g/mol. The molecule has 0 bridgehead atoms. The van der Waals surface area contributed by atoms with Gasteiger partial charge in [0.05, 0.1) is 5.92 Å². The SMILES string of the molecule is O=C(NCCNc1ncccn1)N1CCC[C@@H](C(F)(F)F)C1. The predicted octanol–water partition coefficient (Wildman–Crippen LogP) is 1.87. The lowest BCUT2D eigenvalue weighted by molar-refractivity contribution is -0.183. The molecule has 2 rings (SSSR count). The second-order valence-corrected chi connectivity index (χ2v) is 5.06. The van der Waals surface area contributed by atoms with Gasteiger partial charge in [-0.2, -0.15) is 13.2 Å². The molecule has 1 aromatic heterocycles. The number of hydrogen-bond donors (Lipinski definition) is 2. The van der Waals surface area contributed by atoms with Crippen molar-refractivity contribution in [3.63, 3.8) is 0 Å². The van der Waals surface area contributed by atoms with Gasteiger partial charge in [-0.3, -0.25) is 0 Å². The summed E-state index contributed by atoms with van der Waals surface area (Å²) in [4.78, 5) is 21.0. The maximum atomic E-state index is 12.7. The minimum absolute atomic E-state index is 0.0835. The van der Waals surface area contributed by atoms with Crippen molar-refractivity contribution in [1.82, 2.24) is 20.2 Å². The average Bonchev–Trinajstić information content (AvgIpc) is 2.52. The molecule has 0 aromatic carbocycles. The Morgan fingerprint density at radius 2 is 2.05 bits per heavy atom. The number of anilines is 1. The fourth-order valence-electron chi connectivity index (χ4n) is 2.27. The van der Waals surface area contributed by atoms with Gasteiger partial charge in [-0.05, 0) is 18.9 Å². The Labute approximate surface area is 126 Å². The van der Waals surface area contributed by atoms with Crippen LogP contribution in [0.4, 0.5) is 23.9 Å². The van der Waals surface area contributed by atoms with Crippen LogP contribution in [0, 0.1) is 5.92 Å². The molecule has 0 spiro atoms. The molecule has 0 aliphatic carbocycles. The second-order valence-electron chi connectivity index (χ2n) is 5.06. The molecule has 0 unspecified atom stereocenters. The fourth-order valence-corrected chi connectivity index (χ4v) is 2.27. The summed E-state index contributed by atoms with van der Waals surface area (Å²) in [7, 11) is 0. The number of rotatable bonds is 4. The number of urea groups is 1. The number of carbonyl (C=O) groups excluding carboxylic acids is 1. The number of alkyl halides is 3. The smallest absolute Gasteiger partial charge is 0.352 e. The third-order valence-electron chi connectivity index (χ3n) is 3.42. The average molecular weight is 317 g/mol. The van der Waals surface area contributed by atoms with Gasteiger partial charge < -0.3 is 15.5 Å². The van der Waals surface area contributed by atoms with Gasteiger partial charge >= 0.3 is 12.2 Å². The van der Waals surface area contributed by atoms with Crippen molar-refractivity contribution >= 4 is 12.0 Å². The lowest BCUT2D eigenvalue weighted by atomic mass is 9.98. The summed E-state index contributed by atoms with van der Waals surface area (Å²) in [6.45, 7) is 0.759. The summed E-state index contributed by atoms with van der Waals surface area (Å²) in [5.74, 6) is -0.991. The highest BCUT2D eigenvalue weighted by atomic mass is 19.4. The summed E-state index contributed by atoms with van der Waals surface area (Å²) >= 11 is 0. The zero-order valence-electron chi connectivity index (χ0n) is 11.9. The van der Waals surface area contributed by atoms with Crippen LogP contribution in [0.25, 0.3) is 0 Å². The molecule has 6 nitrogen and oxygen atoms in total. The molecule has 122 valence electrons. The lowest BCUT2D eigenvalue weighted by Crippen LogP contribution is -2.49. The second kappa shape index (κ2) is 7.28. The van der Waals surface area contributed by atoms with Crippen LogP contribution >= 0.6 is 0 Å². The third kappa shape index (κ3) is 4.74. The number of piperidine rings is 1. The molecule has 1 atom stereocenters. The molecule has 2 heterocycles. The number of aromatic nitrogens is 2. The molecule has 1 aliphatic heterocycles. The van der Waals surface area contributed by atoms with Gasteiger partial charge in [0, 0.05) is 38.6 Å². The molecule has 0 saturated carbocycles. The Balaban J connectivity index is 1.71. The molecule has 1 aromatic rings. The van der Waals surface area contributed by atoms with E-state index in [0.29, 0.717) is 25.5 Å². The van der Waals surface area contributed by atoms with Gasteiger partial charge in [-0.15, -0.1) is 0 Å². The summed E-state index contributed by atoms with van der Waals surface area (Å²) in [6.07, 6.45) is -0.628. The first-order valence-corrected chi connectivity index (χ1v) is 7.07. The number of carbonyl (C=O) groups is 1. The minimum atomic E-state index is -4.24. The predicted molar refractivity (Wildman–Crippen MR) is 74.3 cm³/mol. The van der Waals surface area contributed by atoms with Crippen molar-refractivity contribution in [3.8, 4) is 0 Å². The molecule has 2 N–H and O–H groups in total. The van der Waals surface area contributed by atoms with E-state index in [-0.39, 0.29) is 19.5 Å². The van der Waals surface area contributed by atoms with Crippen LogP contribution in [-0.4, -0.2) is 53.3 Å². The molecular formula is C13H18F3N5O. The van der Waals surface area contributed by atoms with Crippen LogP contribution in [0.2, 0.25) is 0 Å². The normalized spacial score (nSPS) is 18.9. The number of nitrogens with one attached hydrogen (secondary N) is 2. The van der Waals surface area contributed by atoms with Crippen molar-refractivity contribution in [1.29, 1.82) is 0 Å². The van der Waals surface area contributed by atoms with E-state index in [1.165, 1.54) is 4.90 Å². The van der Waals surface area contributed by atoms with Crippen LogP contribution in [0.5, 0.6) is 0 Å². The van der Waals surface area contributed by atoms with Gasteiger partial charge in [0.15, 0.2) is 0 Å². The van der Waals surface area contributed by atoms with E-state index in [2.05, 4.69) is 20.6 Å². The lowest BCUT2D eigenvalue weighted by Gasteiger charge is -2.33. The van der Waals surface area contributed by atoms with E-state index < -0.39 is 18.1 Å². The van der Waals surface area contributed by atoms with Crippen LogP contribution in [-0.2, 0) is 0 Å². The zero-order valence-corrected chi connectivity index (χ0v) is 11.9. The quantitative estimate of drug-likeness (QED) is 0.832. The Morgan fingerprint density at radius 1 is 1.32 bits per heavy atom. The summed E-state index contributed by atoms with van der Waals surface area (Å²) in [5.41, 5.74) is 0. The minimum Gasteiger partial charge on any atom is -0.352 e. The van der Waals surface area contributed by atoms with Crippen molar-refractivity contribution < 1.29 is 18.0 Å². The first-order valence-electron chi connectivity index (χ1n) is 7.07. The van der Waals surface area contributed by atoms with Gasteiger partial charge in [0.2, 0.25) is 5.95 Å². The molecule has 2 amide bonds. The Hall–Kier alpha value is -2.06. The van der Waals surface area contributed by atoms with Gasteiger partial charge in [-0.25, -0.2) is 14.8 Å². The van der Waals surface area contributed by atoms with Crippen LogP contribution in [0.15, 0.2) is 18.5 Å². The molecule has 9 heteroatoms. The molecule has 0 radical (unpaired) electrons. The van der Waals surface area contributed by atoms with Crippen LogP contribution in [0.3, 0.4) is 0 Å². The highest BCUT2D eigenvalue weighted by Crippen LogP contribution is 2.32. The fraction of sp³-hybridized carbons (Fsp3) is 0.615. The van der Waals surface area contributed by atoms with Crippen molar-refractivity contribution in [2.24, 2.45) is 5.92 Å². The standard InChI is InChI=1S/C13H18F3N5O/c14-13(15,16)10-3-1-8-21(9-10)12(22)20-7-6-19-11-17-4-2-5-18-11/h2,4-5,10H,1,3,6-9H2,(H,20,22)(H,17,18,19)/t10-/m1/s1. The Kier molecular flexibility index (Phi) is 5.40. The number of hydrogen-bond acceptors (Lipinski definition) is 4. The Bertz CT molecular complexity index is 482. The van der Waals surface area contributed by atoms with Gasteiger partial charge in [-0.1, -0.05) is 0 Å². The number of likely N-dealkylation sites (tertiary alicyclic amines) is 1. The maximum absolute atomic E-state index is 12.7. The van der Waals surface area contributed by atoms with E-state index in [1.54, 1.807) is 18.5 Å². The number of amides is 2. The molecule has 22 heavy (non-hydrogen) atoms. The zero-order chi connectivity index (χ0) is 16.0. The molecule has 1 fully saturated rings. The van der Waals surface area contributed by atoms with E-state index in [1.807, 2.05) is 0 Å². The van der Waals surface area contributed by atoms with Crippen molar-refractivity contribution in [2.75, 3.05) is 31.5 Å². The highest BCUT2D eigenvalue weighted by Gasteiger charge is 2.42. The molecular weight excluding hydrogens is 299 g/mol. The maximum Gasteiger partial charge on any atom is 0.393 e. The molecule has 1 saturated heterocycles. The summed E-state index contributed by atoms with van der Waals surface area (Å²) < 4.78 is 38.1. The summed E-state index contributed by atoms with van der Waals surface area (Å²) in [5, 5.41) is 5.50. The van der Waals surface area contributed by atoms with E-state index in [9.17, 15) is 18.0 Å². The third-order valence-corrected chi connectivity index (χ3v) is 3.42. The van der Waals surface area contributed by atoms with Crippen LogP contribution in [0.1, 0.15) is 12.8 Å². The largest absolute Gasteiger partial charge is 0.393 e. The first-order chi connectivity index (χ1) is 10.5. The number of nitrogens with zero attached hydrogens (tertiary/aromatic N) is 3. The van der Waals surface area contributed by atoms with Crippen LogP contribution < -0.4 is 10.6 Å². The summed E-state index contributed by atoms with van der Waals surface area (Å²) in [6, 6.07) is 1.21. The highest BCUT2D eigenvalue weighted by molar-refractivity contribution is 5.74. The molecule has 1 aliphatic rings. The van der Waals surface area contributed by atoms with E-state index in [4.69, 9.17) is 0 Å². The van der Waals surface area contributed by atoms with Gasteiger partial charge in [0.25, 0.3) is 0 Å². The van der Waals surface area contributed by atoms with Crippen molar-refractivity contribution in [3.05, 3.63) is 18.5 Å². The first kappa shape index (κ1) is 16.3.